The Bertz CT molecular complexity index is 386. The van der Waals surface area contributed by atoms with Crippen molar-refractivity contribution >= 4 is 0 Å². The first-order valence-electron chi connectivity index (χ1n) is 6.74. The van der Waals surface area contributed by atoms with Crippen LogP contribution in [-0.4, -0.2) is 41.2 Å². The van der Waals surface area contributed by atoms with Crippen molar-refractivity contribution in [2.24, 2.45) is 0 Å². The van der Waals surface area contributed by atoms with E-state index in [1.807, 2.05) is 12.1 Å². The molecule has 3 nitrogen and oxygen atoms in total. The van der Waals surface area contributed by atoms with Crippen LogP contribution in [0.25, 0.3) is 0 Å². The molecule has 1 fully saturated rings. The lowest BCUT2D eigenvalue weighted by atomic mass is 9.95. The molecule has 0 aliphatic carbocycles. The fraction of sp³-hybridized carbons (Fsp3) is 0.600. The van der Waals surface area contributed by atoms with Crippen molar-refractivity contribution < 1.29 is 5.11 Å². The van der Waals surface area contributed by atoms with Gasteiger partial charge >= 0.3 is 0 Å². The molecule has 3 heteroatoms. The Morgan fingerprint density at radius 3 is 2.61 bits per heavy atom. The normalized spacial score (nSPS) is 21.7. The number of phenols is 1. The molecule has 0 bridgehead atoms. The smallest absolute Gasteiger partial charge is 0.115 e. The highest BCUT2D eigenvalue weighted by Crippen LogP contribution is 2.22. The lowest BCUT2D eigenvalue weighted by Crippen LogP contribution is -2.60. The van der Waals surface area contributed by atoms with E-state index in [-0.39, 0.29) is 5.54 Å². The molecule has 1 aromatic carbocycles. The Kier molecular flexibility index (Phi) is 3.93. The van der Waals surface area contributed by atoms with Crippen LogP contribution in [-0.2, 0) is 6.42 Å². The van der Waals surface area contributed by atoms with Gasteiger partial charge in [0, 0.05) is 31.2 Å². The zero-order valence-electron chi connectivity index (χ0n) is 11.6. The number of nitrogens with zero attached hydrogens (tertiary/aromatic N) is 1. The van der Waals surface area contributed by atoms with Crippen molar-refractivity contribution in [3.8, 4) is 5.75 Å². The topological polar surface area (TPSA) is 35.5 Å². The number of hydrogen-bond donors (Lipinski definition) is 2. The first-order valence-corrected chi connectivity index (χ1v) is 6.74. The van der Waals surface area contributed by atoms with Crippen molar-refractivity contribution in [1.82, 2.24) is 10.2 Å². The maximum absolute atomic E-state index is 9.30. The Morgan fingerprint density at radius 1 is 1.33 bits per heavy atom. The predicted molar refractivity (Wildman–Crippen MR) is 74.9 cm³/mol. The highest BCUT2D eigenvalue weighted by Gasteiger charge is 2.32. The van der Waals surface area contributed by atoms with Gasteiger partial charge in [-0.05, 0) is 44.9 Å². The molecule has 1 heterocycles. The van der Waals surface area contributed by atoms with Crippen molar-refractivity contribution in [3.05, 3.63) is 29.8 Å². The van der Waals surface area contributed by atoms with E-state index >= 15 is 0 Å². The molecule has 100 valence electrons. The summed E-state index contributed by atoms with van der Waals surface area (Å²) >= 11 is 0. The third-order valence-corrected chi connectivity index (χ3v) is 3.86. The summed E-state index contributed by atoms with van der Waals surface area (Å²) in [6.45, 7) is 10.1. The van der Waals surface area contributed by atoms with Gasteiger partial charge in [-0.2, -0.15) is 0 Å². The first kappa shape index (κ1) is 13.4. The van der Waals surface area contributed by atoms with Crippen molar-refractivity contribution in [1.29, 1.82) is 0 Å². The Hall–Kier alpha value is -1.06. The van der Waals surface area contributed by atoms with Gasteiger partial charge < -0.3 is 10.4 Å². The summed E-state index contributed by atoms with van der Waals surface area (Å²) in [6, 6.07) is 8.09. The quantitative estimate of drug-likeness (QED) is 0.859. The van der Waals surface area contributed by atoms with Crippen LogP contribution >= 0.6 is 0 Å². The number of phenolic OH excluding ortho intramolecular Hbond substituents is 1. The molecule has 1 aliphatic heterocycles. The van der Waals surface area contributed by atoms with Crippen molar-refractivity contribution in [2.75, 3.05) is 19.6 Å². The molecule has 18 heavy (non-hydrogen) atoms. The second-order valence-electron chi connectivity index (χ2n) is 5.90. The molecule has 2 N–H and O–H groups in total. The van der Waals surface area contributed by atoms with Gasteiger partial charge in [-0.3, -0.25) is 4.90 Å². The Balaban J connectivity index is 2.02. The zero-order chi connectivity index (χ0) is 13.2. The summed E-state index contributed by atoms with van der Waals surface area (Å²) in [5.74, 6) is 0.342. The summed E-state index contributed by atoms with van der Waals surface area (Å²) in [4.78, 5) is 2.58. The number of rotatable bonds is 3. The third-order valence-electron chi connectivity index (χ3n) is 3.86. The molecule has 2 rings (SSSR count). The number of benzene rings is 1. The van der Waals surface area contributed by atoms with Crippen LogP contribution in [0.15, 0.2) is 24.3 Å². The van der Waals surface area contributed by atoms with Gasteiger partial charge in [0.1, 0.15) is 5.75 Å². The molecular formula is C15H24N2O. The molecule has 0 aromatic heterocycles. The largest absolute Gasteiger partial charge is 0.508 e. The minimum Gasteiger partial charge on any atom is -0.508 e. The van der Waals surface area contributed by atoms with Gasteiger partial charge in [-0.25, -0.2) is 0 Å². The summed E-state index contributed by atoms with van der Waals surface area (Å²) < 4.78 is 0. The molecule has 1 aliphatic rings. The van der Waals surface area contributed by atoms with Gasteiger partial charge in [0.05, 0.1) is 0 Å². The van der Waals surface area contributed by atoms with Gasteiger partial charge in [-0.1, -0.05) is 12.1 Å². The average molecular weight is 248 g/mol. The maximum atomic E-state index is 9.30. The fourth-order valence-electron chi connectivity index (χ4n) is 2.90. The van der Waals surface area contributed by atoms with Crippen molar-refractivity contribution in [3.63, 3.8) is 0 Å². The van der Waals surface area contributed by atoms with E-state index in [1.165, 1.54) is 5.56 Å². The van der Waals surface area contributed by atoms with Crippen LogP contribution in [0, 0.1) is 0 Å². The number of hydrogen-bond acceptors (Lipinski definition) is 3. The minimum atomic E-state index is 0.217. The SMILES string of the molecule is CC(Cc1ccc(O)cc1)N1CCNCC1(C)C. The molecule has 0 spiro atoms. The monoisotopic (exact) mass is 248 g/mol. The fourth-order valence-corrected chi connectivity index (χ4v) is 2.90. The van der Waals surface area contributed by atoms with Gasteiger partial charge in [0.2, 0.25) is 0 Å². The van der Waals surface area contributed by atoms with Crippen LogP contribution < -0.4 is 5.32 Å². The van der Waals surface area contributed by atoms with E-state index in [1.54, 1.807) is 12.1 Å². The van der Waals surface area contributed by atoms with Crippen LogP contribution in [0.3, 0.4) is 0 Å². The molecule has 0 amide bonds. The van der Waals surface area contributed by atoms with Crippen LogP contribution in [0.1, 0.15) is 26.3 Å². The lowest BCUT2D eigenvalue weighted by molar-refractivity contribution is 0.0523. The van der Waals surface area contributed by atoms with Crippen LogP contribution in [0.4, 0.5) is 0 Å². The summed E-state index contributed by atoms with van der Waals surface area (Å²) in [5.41, 5.74) is 1.50. The van der Waals surface area contributed by atoms with Crippen LogP contribution in [0.5, 0.6) is 5.75 Å². The van der Waals surface area contributed by atoms with E-state index in [0.29, 0.717) is 11.8 Å². The maximum Gasteiger partial charge on any atom is 0.115 e. The molecule has 0 radical (unpaired) electrons. The molecule has 0 saturated carbocycles. The zero-order valence-corrected chi connectivity index (χ0v) is 11.6. The summed E-state index contributed by atoms with van der Waals surface area (Å²) in [5, 5.41) is 12.8. The van der Waals surface area contributed by atoms with Crippen molar-refractivity contribution in [2.45, 2.75) is 38.8 Å². The number of piperazine rings is 1. The van der Waals surface area contributed by atoms with E-state index in [0.717, 1.165) is 26.1 Å². The average Bonchev–Trinajstić information content (AvgIpc) is 2.31. The third kappa shape index (κ3) is 3.03. The van der Waals surface area contributed by atoms with E-state index in [2.05, 4.69) is 31.0 Å². The highest BCUT2D eigenvalue weighted by atomic mass is 16.3. The first-order chi connectivity index (χ1) is 8.49. The predicted octanol–water partition coefficient (Wildman–Crippen LogP) is 2.01. The Labute approximate surface area is 110 Å². The molecular weight excluding hydrogens is 224 g/mol. The van der Waals surface area contributed by atoms with Crippen LogP contribution in [0.2, 0.25) is 0 Å². The number of nitrogens with one attached hydrogen (secondary N) is 1. The highest BCUT2D eigenvalue weighted by molar-refractivity contribution is 5.26. The molecule has 1 atom stereocenters. The number of aromatic hydroxyl groups is 1. The van der Waals surface area contributed by atoms with E-state index in [9.17, 15) is 5.11 Å². The standard InChI is InChI=1S/C15H24N2O/c1-12(10-13-4-6-14(18)7-5-13)17-9-8-16-11-15(17,2)3/h4-7,12,16,18H,8-11H2,1-3H3. The van der Waals surface area contributed by atoms with E-state index < -0.39 is 0 Å². The second kappa shape index (κ2) is 5.29. The molecule has 1 unspecified atom stereocenters. The summed E-state index contributed by atoms with van der Waals surface area (Å²) in [7, 11) is 0. The van der Waals surface area contributed by atoms with Gasteiger partial charge in [-0.15, -0.1) is 0 Å². The molecule has 1 saturated heterocycles. The Morgan fingerprint density at radius 2 is 2.00 bits per heavy atom. The molecule has 1 aromatic rings. The van der Waals surface area contributed by atoms with Gasteiger partial charge in [0.25, 0.3) is 0 Å². The second-order valence-corrected chi connectivity index (χ2v) is 5.90. The van der Waals surface area contributed by atoms with E-state index in [4.69, 9.17) is 0 Å². The summed E-state index contributed by atoms with van der Waals surface area (Å²) in [6.07, 6.45) is 1.03. The minimum absolute atomic E-state index is 0.217. The van der Waals surface area contributed by atoms with Gasteiger partial charge in [0.15, 0.2) is 0 Å². The lowest BCUT2D eigenvalue weighted by Gasteiger charge is -2.46.